The highest BCUT2D eigenvalue weighted by Crippen LogP contribution is 2.51. The van der Waals surface area contributed by atoms with E-state index in [1.54, 1.807) is 0 Å². The lowest BCUT2D eigenvalue weighted by atomic mass is 10.2. The molecule has 0 heterocycles. The van der Waals surface area contributed by atoms with Crippen molar-refractivity contribution in [2.45, 2.75) is 12.3 Å². The Labute approximate surface area is 113 Å². The molecule has 0 aliphatic heterocycles. The minimum absolute atomic E-state index is 0.0246. The standard InChI is InChI=1S/C16H16O2P/c17-11-12-19(18,13-15-7-3-1-4-8-15)14-16-9-5-2-6-10-16/h1-10H,12-14H2. The fourth-order valence-corrected chi connectivity index (χ4v) is 4.44. The van der Waals surface area contributed by atoms with Gasteiger partial charge in [0.05, 0.1) is 6.16 Å². The zero-order valence-electron chi connectivity index (χ0n) is 10.7. The maximum atomic E-state index is 12.9. The maximum Gasteiger partial charge on any atom is 0.206 e. The Morgan fingerprint density at radius 2 is 1.21 bits per heavy atom. The Morgan fingerprint density at radius 3 is 1.58 bits per heavy atom. The van der Waals surface area contributed by atoms with Crippen molar-refractivity contribution in [3.05, 3.63) is 71.8 Å². The van der Waals surface area contributed by atoms with Gasteiger partial charge in [0, 0.05) is 12.3 Å². The second-order valence-electron chi connectivity index (χ2n) is 4.65. The van der Waals surface area contributed by atoms with E-state index in [4.69, 9.17) is 0 Å². The van der Waals surface area contributed by atoms with Crippen LogP contribution in [0.15, 0.2) is 60.7 Å². The second-order valence-corrected chi connectivity index (χ2v) is 7.71. The van der Waals surface area contributed by atoms with E-state index < -0.39 is 7.14 Å². The molecule has 0 spiro atoms. The zero-order chi connectivity index (χ0) is 13.6. The van der Waals surface area contributed by atoms with E-state index in [-0.39, 0.29) is 6.16 Å². The largest absolute Gasteiger partial charge is 0.322 e. The SMILES string of the molecule is O=[C]CP(=O)(Cc1ccccc1)Cc1ccccc1. The van der Waals surface area contributed by atoms with Gasteiger partial charge in [-0.15, -0.1) is 0 Å². The Bertz CT molecular complexity index is 518. The molecule has 0 aliphatic carbocycles. The number of carbonyl (C=O) groups excluding carboxylic acids is 1. The second kappa shape index (κ2) is 6.49. The van der Waals surface area contributed by atoms with Crippen molar-refractivity contribution in [2.75, 3.05) is 6.16 Å². The third-order valence-corrected chi connectivity index (χ3v) is 5.57. The van der Waals surface area contributed by atoms with Gasteiger partial charge in [-0.1, -0.05) is 60.7 Å². The van der Waals surface area contributed by atoms with Gasteiger partial charge in [-0.25, -0.2) is 0 Å². The molecule has 2 aromatic carbocycles. The van der Waals surface area contributed by atoms with E-state index in [2.05, 4.69) is 0 Å². The predicted molar refractivity (Wildman–Crippen MR) is 78.5 cm³/mol. The summed E-state index contributed by atoms with van der Waals surface area (Å²) in [6.07, 6.45) is 2.77. The highest BCUT2D eigenvalue weighted by molar-refractivity contribution is 7.63. The topological polar surface area (TPSA) is 34.1 Å². The van der Waals surface area contributed by atoms with E-state index >= 15 is 0 Å². The van der Waals surface area contributed by atoms with E-state index in [0.29, 0.717) is 12.3 Å². The molecular formula is C16H16O2P. The molecule has 2 nitrogen and oxygen atoms in total. The number of hydrogen-bond acceptors (Lipinski definition) is 2. The average molecular weight is 271 g/mol. The van der Waals surface area contributed by atoms with Gasteiger partial charge in [0.2, 0.25) is 6.29 Å². The van der Waals surface area contributed by atoms with Crippen molar-refractivity contribution < 1.29 is 9.36 Å². The van der Waals surface area contributed by atoms with Crippen LogP contribution in [-0.2, 0) is 21.7 Å². The van der Waals surface area contributed by atoms with Crippen molar-refractivity contribution in [1.29, 1.82) is 0 Å². The molecule has 97 valence electrons. The van der Waals surface area contributed by atoms with Crippen LogP contribution in [0.1, 0.15) is 11.1 Å². The molecule has 0 saturated heterocycles. The molecule has 0 atom stereocenters. The minimum atomic E-state index is -2.59. The van der Waals surface area contributed by atoms with E-state index in [9.17, 15) is 9.36 Å². The van der Waals surface area contributed by atoms with Gasteiger partial charge in [-0.3, -0.25) is 4.79 Å². The number of rotatable bonds is 6. The van der Waals surface area contributed by atoms with Gasteiger partial charge in [0.25, 0.3) is 0 Å². The summed E-state index contributed by atoms with van der Waals surface area (Å²) in [4.78, 5) is 10.7. The molecule has 2 rings (SSSR count). The van der Waals surface area contributed by atoms with Gasteiger partial charge in [-0.05, 0) is 11.1 Å². The van der Waals surface area contributed by atoms with Gasteiger partial charge in [0.1, 0.15) is 7.14 Å². The van der Waals surface area contributed by atoms with Crippen molar-refractivity contribution in [3.8, 4) is 0 Å². The fourth-order valence-electron chi connectivity index (χ4n) is 2.12. The third kappa shape index (κ3) is 4.18. The number of benzene rings is 2. The summed E-state index contributed by atoms with van der Waals surface area (Å²) in [6, 6.07) is 19.3. The smallest absolute Gasteiger partial charge is 0.206 e. The molecular weight excluding hydrogens is 255 g/mol. The van der Waals surface area contributed by atoms with Crippen LogP contribution < -0.4 is 0 Å². The summed E-state index contributed by atoms with van der Waals surface area (Å²) >= 11 is 0. The normalized spacial score (nSPS) is 11.2. The Morgan fingerprint density at radius 1 is 0.789 bits per heavy atom. The van der Waals surface area contributed by atoms with Crippen LogP contribution in [0.5, 0.6) is 0 Å². The lowest BCUT2D eigenvalue weighted by Crippen LogP contribution is -1.99. The van der Waals surface area contributed by atoms with Crippen LogP contribution in [-0.4, -0.2) is 12.4 Å². The van der Waals surface area contributed by atoms with E-state index in [0.717, 1.165) is 11.1 Å². The molecule has 0 aromatic heterocycles. The lowest BCUT2D eigenvalue weighted by Gasteiger charge is -2.15. The zero-order valence-corrected chi connectivity index (χ0v) is 11.6. The summed E-state index contributed by atoms with van der Waals surface area (Å²) in [5.74, 6) is 0. The minimum Gasteiger partial charge on any atom is -0.322 e. The fraction of sp³-hybridized carbons (Fsp3) is 0.188. The van der Waals surface area contributed by atoms with E-state index in [1.165, 1.54) is 0 Å². The van der Waals surface area contributed by atoms with E-state index in [1.807, 2.05) is 66.9 Å². The van der Waals surface area contributed by atoms with Gasteiger partial charge >= 0.3 is 0 Å². The van der Waals surface area contributed by atoms with Crippen molar-refractivity contribution in [2.24, 2.45) is 0 Å². The molecule has 0 amide bonds. The van der Waals surface area contributed by atoms with Crippen LogP contribution in [0.25, 0.3) is 0 Å². The van der Waals surface area contributed by atoms with Crippen LogP contribution in [0, 0.1) is 0 Å². The Hall–Kier alpha value is -1.66. The van der Waals surface area contributed by atoms with Crippen molar-refractivity contribution in [3.63, 3.8) is 0 Å². The molecule has 0 aliphatic rings. The molecule has 3 heteroatoms. The van der Waals surface area contributed by atoms with Gasteiger partial charge in [-0.2, -0.15) is 0 Å². The van der Waals surface area contributed by atoms with Crippen LogP contribution >= 0.6 is 7.14 Å². The molecule has 0 unspecified atom stereocenters. The maximum absolute atomic E-state index is 12.9. The summed E-state index contributed by atoms with van der Waals surface area (Å²) < 4.78 is 12.9. The van der Waals surface area contributed by atoms with Crippen LogP contribution in [0.2, 0.25) is 0 Å². The summed E-state index contributed by atoms with van der Waals surface area (Å²) in [5.41, 5.74) is 2.02. The molecule has 0 N–H and O–H groups in total. The summed E-state index contributed by atoms with van der Waals surface area (Å²) in [6.45, 7) is 0. The molecule has 1 radical (unpaired) electrons. The molecule has 2 aromatic rings. The molecule has 0 saturated carbocycles. The molecule has 19 heavy (non-hydrogen) atoms. The van der Waals surface area contributed by atoms with Crippen molar-refractivity contribution >= 4 is 13.4 Å². The van der Waals surface area contributed by atoms with Crippen LogP contribution in [0.4, 0.5) is 0 Å². The first kappa shape index (κ1) is 13.8. The lowest BCUT2D eigenvalue weighted by molar-refractivity contribution is 0.554. The third-order valence-electron chi connectivity index (χ3n) is 2.98. The molecule has 0 fully saturated rings. The van der Waals surface area contributed by atoms with Crippen molar-refractivity contribution in [1.82, 2.24) is 0 Å². The highest BCUT2D eigenvalue weighted by Gasteiger charge is 2.23. The number of hydrogen-bond donors (Lipinski definition) is 0. The Balaban J connectivity index is 2.18. The van der Waals surface area contributed by atoms with Gasteiger partial charge in [0.15, 0.2) is 0 Å². The highest BCUT2D eigenvalue weighted by atomic mass is 31.2. The predicted octanol–water partition coefficient (Wildman–Crippen LogP) is 3.86. The average Bonchev–Trinajstić information content (AvgIpc) is 2.41. The summed E-state index contributed by atoms with van der Waals surface area (Å²) in [5, 5.41) is 0. The van der Waals surface area contributed by atoms with Gasteiger partial charge < -0.3 is 4.57 Å². The first-order valence-electron chi connectivity index (χ1n) is 6.22. The van der Waals surface area contributed by atoms with Crippen LogP contribution in [0.3, 0.4) is 0 Å². The Kier molecular flexibility index (Phi) is 4.70. The summed E-state index contributed by atoms with van der Waals surface area (Å²) in [7, 11) is -2.59. The monoisotopic (exact) mass is 271 g/mol. The molecule has 0 bridgehead atoms. The quantitative estimate of drug-likeness (QED) is 0.748. The first-order chi connectivity index (χ1) is 9.22. The first-order valence-corrected chi connectivity index (χ1v) is 8.48.